The highest BCUT2D eigenvalue weighted by Crippen LogP contribution is 2.48. The summed E-state index contributed by atoms with van der Waals surface area (Å²) in [6.45, 7) is 7.60. The van der Waals surface area contributed by atoms with Crippen LogP contribution in [0, 0.1) is 5.92 Å². The molecule has 3 N–H and O–H groups in total. The third-order valence-electron chi connectivity index (χ3n) is 11.3. The number of aromatic amines is 1. The van der Waals surface area contributed by atoms with E-state index in [2.05, 4.69) is 52.8 Å². The molecular formula is C43H49N5O5Si. The van der Waals surface area contributed by atoms with Crippen LogP contribution in [0.15, 0.2) is 109 Å². The minimum atomic E-state index is -2.25. The molecule has 0 aliphatic carbocycles. The summed E-state index contributed by atoms with van der Waals surface area (Å²) in [6.07, 6.45) is 4.51. The number of hydrogen-bond donors (Lipinski definition) is 3. The van der Waals surface area contributed by atoms with Gasteiger partial charge in [-0.1, -0.05) is 91.1 Å². The molecule has 3 heterocycles. The standard InChI is InChI=1S/C43H49N5O5Si/c1-28-42(52-3)35-24-31(45-41(50)23-30-25-44-37-14-10-9-13-34(30)37)15-20-39(35)53-43(28)40(54(4,5)33-18-16-32(51-2)17-19-33)21-22-48-26-38(46-47-48)36(27-49)29-11-7-6-8-12-29/h6-20,24-26,28,36,40,42-44,49H,21-23,27H2,1-5H3,(H,45,50)/t28-,36?,40?,42-,43-/m1/s1. The van der Waals surface area contributed by atoms with E-state index in [1.54, 1.807) is 14.2 Å². The maximum Gasteiger partial charge on any atom is 0.228 e. The van der Waals surface area contributed by atoms with Crippen LogP contribution in [0.1, 0.15) is 47.8 Å². The number of amides is 1. The Balaban J connectivity index is 1.14. The second kappa shape index (κ2) is 16.0. The Bertz CT molecular complexity index is 2180. The van der Waals surface area contributed by atoms with E-state index in [0.717, 1.165) is 51.2 Å². The topological polar surface area (TPSA) is 124 Å². The third-order valence-corrected chi connectivity index (χ3v) is 15.6. The van der Waals surface area contributed by atoms with Gasteiger partial charge in [0.05, 0.1) is 45.9 Å². The van der Waals surface area contributed by atoms with Crippen LogP contribution in [0.4, 0.5) is 5.69 Å². The molecule has 4 aromatic carbocycles. The lowest BCUT2D eigenvalue weighted by Crippen LogP contribution is -2.54. The average molecular weight is 744 g/mol. The third kappa shape index (κ3) is 7.57. The van der Waals surface area contributed by atoms with Gasteiger partial charge in [0.1, 0.15) is 17.6 Å². The molecule has 54 heavy (non-hydrogen) atoms. The number of para-hydroxylation sites is 1. The van der Waals surface area contributed by atoms with Crippen LogP contribution in [0.5, 0.6) is 11.5 Å². The lowest BCUT2D eigenvalue weighted by molar-refractivity contribution is -0.115. The van der Waals surface area contributed by atoms with Gasteiger partial charge in [0, 0.05) is 54.1 Å². The number of aromatic nitrogens is 4. The number of carbonyl (C=O) groups excluding carboxylic acids is 1. The molecule has 0 saturated carbocycles. The van der Waals surface area contributed by atoms with Crippen LogP contribution < -0.4 is 20.0 Å². The van der Waals surface area contributed by atoms with Crippen molar-refractivity contribution in [2.75, 3.05) is 26.1 Å². The van der Waals surface area contributed by atoms with Crippen LogP contribution in [0.3, 0.4) is 0 Å². The Morgan fingerprint density at radius 1 is 1.02 bits per heavy atom. The fraction of sp³-hybridized carbons (Fsp3) is 0.326. The number of nitrogens with one attached hydrogen (secondary N) is 2. The number of nitrogens with zero attached hydrogens (tertiary/aromatic N) is 3. The number of methoxy groups -OCH3 is 2. The predicted octanol–water partition coefficient (Wildman–Crippen LogP) is 7.23. The van der Waals surface area contributed by atoms with E-state index in [1.807, 2.05) is 102 Å². The minimum absolute atomic E-state index is 0.00199. The van der Waals surface area contributed by atoms with Gasteiger partial charge in [-0.15, -0.1) is 5.10 Å². The van der Waals surface area contributed by atoms with E-state index in [9.17, 15) is 9.90 Å². The van der Waals surface area contributed by atoms with Gasteiger partial charge < -0.3 is 29.6 Å². The van der Waals surface area contributed by atoms with Crippen molar-refractivity contribution in [3.8, 4) is 11.5 Å². The molecule has 5 atom stereocenters. The number of aliphatic hydroxyl groups is 1. The number of rotatable bonds is 14. The Hall–Kier alpha value is -5.23. The Morgan fingerprint density at radius 3 is 2.52 bits per heavy atom. The molecule has 2 unspecified atom stereocenters. The summed E-state index contributed by atoms with van der Waals surface area (Å²) >= 11 is 0. The van der Waals surface area contributed by atoms with Crippen LogP contribution >= 0.6 is 0 Å². The summed E-state index contributed by atoms with van der Waals surface area (Å²) in [4.78, 5) is 16.5. The van der Waals surface area contributed by atoms with Crippen LogP contribution in [-0.2, 0) is 22.5 Å². The number of hydrogen-bond acceptors (Lipinski definition) is 7. The first kappa shape index (κ1) is 37.1. The first-order valence-corrected chi connectivity index (χ1v) is 21.7. The molecule has 0 radical (unpaired) electrons. The summed E-state index contributed by atoms with van der Waals surface area (Å²) in [7, 11) is 1.19. The first-order valence-electron chi connectivity index (χ1n) is 18.6. The van der Waals surface area contributed by atoms with Gasteiger partial charge in [0.15, 0.2) is 0 Å². The first-order chi connectivity index (χ1) is 26.2. The Morgan fingerprint density at radius 2 is 1.78 bits per heavy atom. The number of benzene rings is 4. The highest BCUT2D eigenvalue weighted by Gasteiger charge is 2.47. The quantitative estimate of drug-likeness (QED) is 0.101. The molecule has 1 aliphatic heterocycles. The van der Waals surface area contributed by atoms with Crippen molar-refractivity contribution < 1.29 is 24.1 Å². The van der Waals surface area contributed by atoms with Crippen molar-refractivity contribution in [3.63, 3.8) is 0 Å². The smallest absolute Gasteiger partial charge is 0.228 e. The number of aryl methyl sites for hydroxylation is 1. The maximum atomic E-state index is 13.2. The normalized spacial score (nSPS) is 18.1. The molecule has 11 heteroatoms. The molecule has 0 spiro atoms. The monoisotopic (exact) mass is 743 g/mol. The Kier molecular flexibility index (Phi) is 11.0. The zero-order valence-electron chi connectivity index (χ0n) is 31.5. The molecular weight excluding hydrogens is 695 g/mol. The summed E-state index contributed by atoms with van der Waals surface area (Å²) in [5, 5.41) is 24.7. The van der Waals surface area contributed by atoms with Crippen molar-refractivity contribution in [2.45, 2.75) is 63.1 Å². The highest BCUT2D eigenvalue weighted by molar-refractivity contribution is 6.91. The van der Waals surface area contributed by atoms with E-state index in [4.69, 9.17) is 14.2 Å². The summed E-state index contributed by atoms with van der Waals surface area (Å²) in [6, 6.07) is 32.2. The van der Waals surface area contributed by atoms with Crippen LogP contribution in [0.2, 0.25) is 18.6 Å². The molecule has 6 aromatic rings. The SMILES string of the molecule is COc1ccc([Si](C)(C)C(CCn2cc(C(CO)c3ccccc3)nn2)[C@@H]2Oc3ccc(NC(=O)Cc4c[nH]c5ccccc45)cc3[C@H](OC)[C@H]2C)cc1. The van der Waals surface area contributed by atoms with Crippen molar-refractivity contribution in [2.24, 2.45) is 5.92 Å². The van der Waals surface area contributed by atoms with Crippen molar-refractivity contribution in [1.82, 2.24) is 20.0 Å². The van der Waals surface area contributed by atoms with Gasteiger partial charge in [0.2, 0.25) is 5.91 Å². The van der Waals surface area contributed by atoms with Crippen LogP contribution in [0.25, 0.3) is 10.9 Å². The van der Waals surface area contributed by atoms with Gasteiger partial charge in [-0.3, -0.25) is 9.48 Å². The fourth-order valence-corrected chi connectivity index (χ4v) is 11.7. The van der Waals surface area contributed by atoms with E-state index in [1.165, 1.54) is 5.19 Å². The molecule has 10 nitrogen and oxygen atoms in total. The second-order valence-electron chi connectivity index (χ2n) is 14.8. The predicted molar refractivity (Wildman–Crippen MR) is 214 cm³/mol. The number of ether oxygens (including phenoxy) is 3. The van der Waals surface area contributed by atoms with Crippen LogP contribution in [-0.4, -0.2) is 66.0 Å². The highest BCUT2D eigenvalue weighted by atomic mass is 28.3. The van der Waals surface area contributed by atoms with Crippen molar-refractivity contribution in [1.29, 1.82) is 0 Å². The molecule has 0 fully saturated rings. The van der Waals surface area contributed by atoms with Crippen molar-refractivity contribution >= 4 is 35.8 Å². The summed E-state index contributed by atoms with van der Waals surface area (Å²) in [5.74, 6) is 1.25. The lowest BCUT2D eigenvalue weighted by atomic mass is 9.86. The summed E-state index contributed by atoms with van der Waals surface area (Å²) < 4.78 is 20.7. The molecule has 280 valence electrons. The zero-order chi connectivity index (χ0) is 37.8. The zero-order valence-corrected chi connectivity index (χ0v) is 32.5. The summed E-state index contributed by atoms with van der Waals surface area (Å²) in [5.41, 5.74) is 5.49. The molecule has 1 aliphatic rings. The van der Waals surface area contributed by atoms with Gasteiger partial charge in [-0.2, -0.15) is 0 Å². The van der Waals surface area contributed by atoms with Gasteiger partial charge in [-0.25, -0.2) is 0 Å². The largest absolute Gasteiger partial charge is 0.497 e. The van der Waals surface area contributed by atoms with Crippen molar-refractivity contribution in [3.05, 3.63) is 132 Å². The van der Waals surface area contributed by atoms with E-state index in [0.29, 0.717) is 12.2 Å². The van der Waals surface area contributed by atoms with E-state index in [-0.39, 0.29) is 48.5 Å². The molecule has 7 rings (SSSR count). The molecule has 0 saturated heterocycles. The number of aliphatic hydroxyl groups excluding tert-OH is 1. The number of anilines is 1. The number of carbonyl (C=O) groups is 1. The minimum Gasteiger partial charge on any atom is -0.497 e. The van der Waals surface area contributed by atoms with Gasteiger partial charge in [0.25, 0.3) is 0 Å². The molecule has 2 aromatic heterocycles. The Labute approximate surface area is 317 Å². The maximum absolute atomic E-state index is 13.2. The average Bonchev–Trinajstić information content (AvgIpc) is 3.83. The lowest BCUT2D eigenvalue weighted by Gasteiger charge is -2.46. The van der Waals surface area contributed by atoms with E-state index >= 15 is 0 Å². The van der Waals surface area contributed by atoms with Gasteiger partial charge >= 0.3 is 0 Å². The number of H-pyrrole nitrogens is 1. The molecule has 1 amide bonds. The second-order valence-corrected chi connectivity index (χ2v) is 19.6. The number of fused-ring (bicyclic) bond motifs is 2. The van der Waals surface area contributed by atoms with E-state index < -0.39 is 8.07 Å². The molecule has 0 bridgehead atoms. The van der Waals surface area contributed by atoms with Gasteiger partial charge in [-0.05, 0) is 59.5 Å². The fourth-order valence-electron chi connectivity index (χ4n) is 8.19.